The van der Waals surface area contributed by atoms with Crippen LogP contribution in [0.4, 0.5) is 5.69 Å². The van der Waals surface area contributed by atoms with Crippen molar-refractivity contribution in [2.45, 2.75) is 51.1 Å². The second kappa shape index (κ2) is 11.9. The first kappa shape index (κ1) is 24.8. The van der Waals surface area contributed by atoms with Gasteiger partial charge in [-0.1, -0.05) is 37.1 Å². The van der Waals surface area contributed by atoms with Crippen LogP contribution in [-0.4, -0.2) is 31.6 Å². The van der Waals surface area contributed by atoms with Gasteiger partial charge >= 0.3 is 0 Å². The Kier molecular flexibility index (Phi) is 8.42. The quantitative estimate of drug-likeness (QED) is 0.404. The number of carbonyl (C=O) groups is 2. The van der Waals surface area contributed by atoms with Crippen molar-refractivity contribution in [3.8, 4) is 11.5 Å². The number of ether oxygens (including phenoxy) is 2. The molecule has 3 aromatic rings. The van der Waals surface area contributed by atoms with Crippen LogP contribution in [0.15, 0.2) is 66.0 Å². The minimum absolute atomic E-state index is 0.125. The minimum Gasteiger partial charge on any atom is -0.497 e. The van der Waals surface area contributed by atoms with Crippen molar-refractivity contribution in [1.82, 2.24) is 5.32 Å². The van der Waals surface area contributed by atoms with Crippen LogP contribution >= 0.6 is 11.3 Å². The fourth-order valence-corrected chi connectivity index (χ4v) is 5.25. The molecule has 0 bridgehead atoms. The van der Waals surface area contributed by atoms with Gasteiger partial charge in [-0.2, -0.15) is 0 Å². The molecule has 6 nitrogen and oxygen atoms in total. The Morgan fingerprint density at radius 3 is 2.54 bits per heavy atom. The van der Waals surface area contributed by atoms with E-state index in [0.29, 0.717) is 29.4 Å². The highest BCUT2D eigenvalue weighted by Crippen LogP contribution is 2.33. The summed E-state index contributed by atoms with van der Waals surface area (Å²) in [6.07, 6.45) is 4.32. The summed E-state index contributed by atoms with van der Waals surface area (Å²) in [5, 5.41) is 5.17. The van der Waals surface area contributed by atoms with E-state index in [-0.39, 0.29) is 24.3 Å². The van der Waals surface area contributed by atoms with Crippen molar-refractivity contribution in [2.24, 2.45) is 0 Å². The Balaban J connectivity index is 1.79. The van der Waals surface area contributed by atoms with Gasteiger partial charge in [0.05, 0.1) is 20.1 Å². The maximum Gasteiger partial charge on any atom is 0.248 e. The summed E-state index contributed by atoms with van der Waals surface area (Å²) in [5.74, 6) is 0.941. The van der Waals surface area contributed by atoms with Gasteiger partial charge in [0.15, 0.2) is 0 Å². The Morgan fingerprint density at radius 2 is 1.83 bits per heavy atom. The lowest BCUT2D eigenvalue weighted by Crippen LogP contribution is -2.46. The molecule has 1 aliphatic carbocycles. The summed E-state index contributed by atoms with van der Waals surface area (Å²) in [7, 11) is 1.60. The molecular formula is C28H32N2O4S. The van der Waals surface area contributed by atoms with Gasteiger partial charge in [-0.25, -0.2) is 0 Å². The van der Waals surface area contributed by atoms with Gasteiger partial charge in [0, 0.05) is 22.7 Å². The van der Waals surface area contributed by atoms with Crippen LogP contribution in [-0.2, 0) is 16.0 Å². The number of nitrogens with one attached hydrogen (secondary N) is 1. The fraction of sp³-hybridized carbons (Fsp3) is 0.357. The molecule has 0 radical (unpaired) electrons. The zero-order valence-corrected chi connectivity index (χ0v) is 21.1. The largest absolute Gasteiger partial charge is 0.497 e. The molecule has 7 heteroatoms. The number of benzene rings is 2. The van der Waals surface area contributed by atoms with E-state index in [0.717, 1.165) is 30.6 Å². The molecule has 1 N–H and O–H groups in total. The number of nitrogens with zero attached hydrogens (tertiary/aromatic N) is 1. The van der Waals surface area contributed by atoms with Crippen molar-refractivity contribution >= 4 is 28.8 Å². The van der Waals surface area contributed by atoms with Gasteiger partial charge in [0.2, 0.25) is 11.8 Å². The minimum atomic E-state index is -0.852. The van der Waals surface area contributed by atoms with Crippen LogP contribution in [0.5, 0.6) is 11.5 Å². The number of carbonyl (C=O) groups excluding carboxylic acids is 2. The average molecular weight is 493 g/mol. The summed E-state index contributed by atoms with van der Waals surface area (Å²) in [6, 6.07) is 17.9. The first-order chi connectivity index (χ1) is 17.1. The van der Waals surface area contributed by atoms with E-state index in [4.69, 9.17) is 9.47 Å². The van der Waals surface area contributed by atoms with Crippen molar-refractivity contribution in [3.05, 3.63) is 76.5 Å². The molecule has 4 rings (SSSR count). The Labute approximate surface area is 210 Å². The Morgan fingerprint density at radius 1 is 1.06 bits per heavy atom. The molecule has 0 aliphatic heterocycles. The van der Waals surface area contributed by atoms with Crippen LogP contribution in [0.2, 0.25) is 0 Å². The van der Waals surface area contributed by atoms with E-state index in [1.54, 1.807) is 12.0 Å². The molecule has 1 saturated carbocycles. The standard InChI is InChI=1S/C28H32N2O4S/c1-3-34-24-14-7-12-22(18-24)30(26(31)19-25-15-8-16-35-25)27(20-9-6-13-23(17-20)33-2)28(32)29-21-10-4-5-11-21/h6-9,12-18,21,27H,3-5,10-11,19H2,1-2H3,(H,29,32)/t27-/m0/s1. The van der Waals surface area contributed by atoms with Crippen LogP contribution < -0.4 is 19.7 Å². The Bertz CT molecular complexity index is 1130. The van der Waals surface area contributed by atoms with E-state index in [1.165, 1.54) is 11.3 Å². The monoisotopic (exact) mass is 492 g/mol. The van der Waals surface area contributed by atoms with Crippen molar-refractivity contribution < 1.29 is 19.1 Å². The van der Waals surface area contributed by atoms with Crippen molar-refractivity contribution in [3.63, 3.8) is 0 Å². The highest BCUT2D eigenvalue weighted by atomic mass is 32.1. The first-order valence-corrected chi connectivity index (χ1v) is 13.0. The van der Waals surface area contributed by atoms with Crippen LogP contribution in [0.25, 0.3) is 0 Å². The molecule has 1 atom stereocenters. The topological polar surface area (TPSA) is 67.9 Å². The molecule has 2 amide bonds. The van der Waals surface area contributed by atoms with Gasteiger partial charge in [0.1, 0.15) is 17.5 Å². The Hall–Kier alpha value is -3.32. The lowest BCUT2D eigenvalue weighted by Gasteiger charge is -2.32. The lowest BCUT2D eigenvalue weighted by molar-refractivity contribution is -0.127. The number of thiophene rings is 1. The second-order valence-electron chi connectivity index (χ2n) is 8.62. The van der Waals surface area contributed by atoms with Gasteiger partial charge < -0.3 is 14.8 Å². The molecule has 184 valence electrons. The molecule has 1 aliphatic rings. The number of amides is 2. The van der Waals surface area contributed by atoms with Gasteiger partial charge in [-0.15, -0.1) is 11.3 Å². The maximum absolute atomic E-state index is 13.9. The molecule has 0 unspecified atom stereocenters. The summed E-state index contributed by atoms with van der Waals surface area (Å²) in [4.78, 5) is 30.3. The zero-order chi connectivity index (χ0) is 24.6. The third-order valence-electron chi connectivity index (χ3n) is 6.20. The molecule has 1 heterocycles. The summed E-state index contributed by atoms with van der Waals surface area (Å²) >= 11 is 1.53. The highest BCUT2D eigenvalue weighted by Gasteiger charge is 2.34. The molecule has 35 heavy (non-hydrogen) atoms. The molecule has 1 fully saturated rings. The van der Waals surface area contributed by atoms with E-state index in [9.17, 15) is 9.59 Å². The van der Waals surface area contributed by atoms with E-state index in [1.807, 2.05) is 73.0 Å². The second-order valence-corrected chi connectivity index (χ2v) is 9.65. The summed E-state index contributed by atoms with van der Waals surface area (Å²) in [5.41, 5.74) is 1.31. The third kappa shape index (κ3) is 6.22. The highest BCUT2D eigenvalue weighted by molar-refractivity contribution is 7.10. The van der Waals surface area contributed by atoms with Gasteiger partial charge in [-0.3, -0.25) is 14.5 Å². The van der Waals surface area contributed by atoms with E-state index >= 15 is 0 Å². The molecule has 2 aromatic carbocycles. The van der Waals surface area contributed by atoms with E-state index < -0.39 is 6.04 Å². The predicted octanol–water partition coefficient (Wildman–Crippen LogP) is 5.53. The fourth-order valence-electron chi connectivity index (χ4n) is 4.55. The number of anilines is 1. The third-order valence-corrected chi connectivity index (χ3v) is 7.08. The normalized spacial score (nSPS) is 14.3. The zero-order valence-electron chi connectivity index (χ0n) is 20.2. The van der Waals surface area contributed by atoms with Gasteiger partial charge in [0.25, 0.3) is 0 Å². The van der Waals surface area contributed by atoms with Gasteiger partial charge in [-0.05, 0) is 61.0 Å². The maximum atomic E-state index is 13.9. The molecular weight excluding hydrogens is 460 g/mol. The van der Waals surface area contributed by atoms with Crippen LogP contribution in [0.1, 0.15) is 49.1 Å². The molecule has 1 aromatic heterocycles. The first-order valence-electron chi connectivity index (χ1n) is 12.1. The lowest BCUT2D eigenvalue weighted by atomic mass is 10.0. The van der Waals surface area contributed by atoms with Crippen molar-refractivity contribution in [2.75, 3.05) is 18.6 Å². The number of hydrogen-bond acceptors (Lipinski definition) is 5. The summed E-state index contributed by atoms with van der Waals surface area (Å²) in [6.45, 7) is 2.43. The van der Waals surface area contributed by atoms with Crippen LogP contribution in [0, 0.1) is 0 Å². The number of hydrogen-bond donors (Lipinski definition) is 1. The van der Waals surface area contributed by atoms with Crippen molar-refractivity contribution in [1.29, 1.82) is 0 Å². The number of rotatable bonds is 10. The average Bonchev–Trinajstić information content (AvgIpc) is 3.57. The molecule has 0 spiro atoms. The molecule has 0 saturated heterocycles. The number of methoxy groups -OCH3 is 1. The predicted molar refractivity (Wildman–Crippen MR) is 139 cm³/mol. The smallest absolute Gasteiger partial charge is 0.248 e. The van der Waals surface area contributed by atoms with Crippen LogP contribution in [0.3, 0.4) is 0 Å². The summed E-state index contributed by atoms with van der Waals surface area (Å²) < 4.78 is 11.2. The van der Waals surface area contributed by atoms with E-state index in [2.05, 4.69) is 5.32 Å². The SMILES string of the molecule is CCOc1cccc(N(C(=O)Cc2cccs2)[C@H](C(=O)NC2CCCC2)c2cccc(OC)c2)c1.